The number of amidine groups is 1. The third kappa shape index (κ3) is 3.05. The van der Waals surface area contributed by atoms with E-state index in [4.69, 9.17) is 27.5 Å². The number of ether oxygens (including phenoxy) is 1. The summed E-state index contributed by atoms with van der Waals surface area (Å²) in [6.45, 7) is 5.60. The molecule has 0 aliphatic heterocycles. The Hall–Kier alpha value is -2.14. The molecule has 3 N–H and O–H groups in total. The van der Waals surface area contributed by atoms with Gasteiger partial charge in [-0.05, 0) is 50.1 Å². The molecule has 0 saturated carbocycles. The lowest BCUT2D eigenvalue weighted by atomic mass is 10.1. The van der Waals surface area contributed by atoms with Gasteiger partial charge in [-0.2, -0.15) is 4.98 Å². The highest BCUT2D eigenvalue weighted by Gasteiger charge is 2.09. The minimum Gasteiger partial charge on any atom is -0.424 e. The molecule has 6 heteroatoms. The average molecular weight is 291 g/mol. The van der Waals surface area contributed by atoms with Crippen LogP contribution < -0.4 is 10.5 Å². The lowest BCUT2D eigenvalue weighted by Gasteiger charge is -2.09. The molecule has 1 aromatic carbocycles. The molecule has 0 radical (unpaired) electrons. The molecule has 0 fully saturated rings. The van der Waals surface area contributed by atoms with Gasteiger partial charge in [-0.25, -0.2) is 4.98 Å². The van der Waals surface area contributed by atoms with Gasteiger partial charge < -0.3 is 10.5 Å². The van der Waals surface area contributed by atoms with Crippen LogP contribution in [0.15, 0.2) is 18.2 Å². The Bertz CT molecular complexity index is 662. The van der Waals surface area contributed by atoms with Crippen molar-refractivity contribution in [1.82, 2.24) is 9.97 Å². The van der Waals surface area contributed by atoms with E-state index < -0.39 is 0 Å². The number of halogens is 1. The number of nitrogens with one attached hydrogen (secondary N) is 1. The van der Waals surface area contributed by atoms with Crippen LogP contribution in [0.3, 0.4) is 0 Å². The standard InChI is InChI=1S/C14H15ClN4O/c1-7-4-10(5-8(2)12(7)15)20-14-18-9(3)6-11(19-14)13(16)17/h4-6H,1-3H3,(H3,16,17). The second-order valence-electron chi connectivity index (χ2n) is 4.56. The Balaban J connectivity index is 2.37. The number of nitrogens with two attached hydrogens (primary N) is 1. The fourth-order valence-electron chi connectivity index (χ4n) is 1.80. The molecule has 0 amide bonds. The maximum atomic E-state index is 7.42. The number of aromatic nitrogens is 2. The second kappa shape index (κ2) is 5.46. The highest BCUT2D eigenvalue weighted by molar-refractivity contribution is 6.32. The largest absolute Gasteiger partial charge is 0.424 e. The summed E-state index contributed by atoms with van der Waals surface area (Å²) in [6.07, 6.45) is 0. The summed E-state index contributed by atoms with van der Waals surface area (Å²) in [5.41, 5.74) is 8.29. The summed E-state index contributed by atoms with van der Waals surface area (Å²) in [7, 11) is 0. The van der Waals surface area contributed by atoms with Gasteiger partial charge in [0, 0.05) is 10.7 Å². The van der Waals surface area contributed by atoms with E-state index in [-0.39, 0.29) is 11.8 Å². The maximum Gasteiger partial charge on any atom is 0.322 e. The topological polar surface area (TPSA) is 84.9 Å². The molecule has 0 bridgehead atoms. The summed E-state index contributed by atoms with van der Waals surface area (Å²) in [5, 5.41) is 8.13. The summed E-state index contributed by atoms with van der Waals surface area (Å²) in [5.74, 6) is 0.480. The number of hydrogen-bond donors (Lipinski definition) is 2. The van der Waals surface area contributed by atoms with Crippen molar-refractivity contribution < 1.29 is 4.74 Å². The first-order valence-corrected chi connectivity index (χ1v) is 6.39. The van der Waals surface area contributed by atoms with Crippen LogP contribution in [0.4, 0.5) is 0 Å². The number of hydrogen-bond acceptors (Lipinski definition) is 4. The van der Waals surface area contributed by atoms with Crippen LogP contribution in [0, 0.1) is 26.2 Å². The quantitative estimate of drug-likeness (QED) is 0.672. The van der Waals surface area contributed by atoms with E-state index >= 15 is 0 Å². The zero-order chi connectivity index (χ0) is 14.9. The summed E-state index contributed by atoms with van der Waals surface area (Å²) >= 11 is 6.11. The van der Waals surface area contributed by atoms with Crippen molar-refractivity contribution in [2.24, 2.45) is 5.73 Å². The van der Waals surface area contributed by atoms with Crippen molar-refractivity contribution in [1.29, 1.82) is 5.41 Å². The van der Waals surface area contributed by atoms with Crippen molar-refractivity contribution >= 4 is 17.4 Å². The van der Waals surface area contributed by atoms with Crippen molar-refractivity contribution in [3.05, 3.63) is 45.7 Å². The Morgan fingerprint density at radius 1 is 1.15 bits per heavy atom. The smallest absolute Gasteiger partial charge is 0.322 e. The Labute approximate surface area is 122 Å². The summed E-state index contributed by atoms with van der Waals surface area (Å²) < 4.78 is 5.63. The van der Waals surface area contributed by atoms with E-state index in [0.29, 0.717) is 22.2 Å². The molecule has 1 aromatic heterocycles. The van der Waals surface area contributed by atoms with E-state index in [1.807, 2.05) is 26.0 Å². The lowest BCUT2D eigenvalue weighted by Crippen LogP contribution is -2.14. The van der Waals surface area contributed by atoms with Crippen LogP contribution in [0.1, 0.15) is 22.5 Å². The molecule has 0 aliphatic carbocycles. The molecular weight excluding hydrogens is 276 g/mol. The molecule has 0 unspecified atom stereocenters. The monoisotopic (exact) mass is 290 g/mol. The van der Waals surface area contributed by atoms with Gasteiger partial charge in [0.2, 0.25) is 0 Å². The molecule has 5 nitrogen and oxygen atoms in total. The SMILES string of the molecule is Cc1cc(C(=N)N)nc(Oc2cc(C)c(Cl)c(C)c2)n1. The zero-order valence-corrected chi connectivity index (χ0v) is 12.2. The molecule has 0 saturated heterocycles. The van der Waals surface area contributed by atoms with Crippen LogP contribution in [-0.2, 0) is 0 Å². The van der Waals surface area contributed by atoms with Crippen LogP contribution in [0.5, 0.6) is 11.8 Å². The molecule has 1 heterocycles. The number of rotatable bonds is 3. The van der Waals surface area contributed by atoms with E-state index in [1.54, 1.807) is 13.0 Å². The first-order valence-electron chi connectivity index (χ1n) is 6.01. The minimum absolute atomic E-state index is 0.121. The van der Waals surface area contributed by atoms with E-state index in [0.717, 1.165) is 11.1 Å². The fraction of sp³-hybridized carbons (Fsp3) is 0.214. The predicted octanol–water partition coefficient (Wildman–Crippen LogP) is 3.13. The van der Waals surface area contributed by atoms with Crippen molar-refractivity contribution in [3.8, 4) is 11.8 Å². The normalized spacial score (nSPS) is 10.4. The van der Waals surface area contributed by atoms with E-state index in [9.17, 15) is 0 Å². The zero-order valence-electron chi connectivity index (χ0n) is 11.5. The van der Waals surface area contributed by atoms with Gasteiger partial charge in [-0.1, -0.05) is 11.6 Å². The molecular formula is C14H15ClN4O. The molecule has 2 aromatic rings. The number of aryl methyl sites for hydroxylation is 3. The van der Waals surface area contributed by atoms with Gasteiger partial charge >= 0.3 is 6.01 Å². The van der Waals surface area contributed by atoms with Crippen molar-refractivity contribution in [3.63, 3.8) is 0 Å². The molecule has 2 rings (SSSR count). The highest BCUT2D eigenvalue weighted by atomic mass is 35.5. The molecule has 104 valence electrons. The van der Waals surface area contributed by atoms with Crippen molar-refractivity contribution in [2.45, 2.75) is 20.8 Å². The van der Waals surface area contributed by atoms with E-state index in [2.05, 4.69) is 9.97 Å². The van der Waals surface area contributed by atoms with E-state index in [1.165, 1.54) is 0 Å². The molecule has 0 aliphatic rings. The second-order valence-corrected chi connectivity index (χ2v) is 4.94. The summed E-state index contributed by atoms with van der Waals surface area (Å²) in [6, 6.07) is 5.42. The van der Waals surface area contributed by atoms with Crippen LogP contribution in [-0.4, -0.2) is 15.8 Å². The summed E-state index contributed by atoms with van der Waals surface area (Å²) in [4.78, 5) is 8.27. The van der Waals surface area contributed by atoms with Crippen LogP contribution in [0.2, 0.25) is 5.02 Å². The first-order chi connectivity index (χ1) is 9.36. The van der Waals surface area contributed by atoms with Gasteiger partial charge in [0.15, 0.2) is 0 Å². The Morgan fingerprint density at radius 3 is 2.30 bits per heavy atom. The first kappa shape index (κ1) is 14.3. The number of nitrogens with zero attached hydrogens (tertiary/aromatic N) is 2. The van der Waals surface area contributed by atoms with Gasteiger partial charge in [-0.15, -0.1) is 0 Å². The lowest BCUT2D eigenvalue weighted by molar-refractivity contribution is 0.439. The number of benzene rings is 1. The minimum atomic E-state index is -0.121. The average Bonchev–Trinajstić information content (AvgIpc) is 2.35. The molecule has 20 heavy (non-hydrogen) atoms. The third-order valence-corrected chi connectivity index (χ3v) is 3.32. The molecule has 0 atom stereocenters. The maximum absolute atomic E-state index is 7.42. The van der Waals surface area contributed by atoms with Gasteiger partial charge in [0.1, 0.15) is 17.3 Å². The highest BCUT2D eigenvalue weighted by Crippen LogP contribution is 2.28. The van der Waals surface area contributed by atoms with Gasteiger partial charge in [0.05, 0.1) is 0 Å². The molecule has 0 spiro atoms. The number of nitrogen functional groups attached to an aromatic ring is 1. The Kier molecular flexibility index (Phi) is 3.90. The Morgan fingerprint density at radius 2 is 1.75 bits per heavy atom. The fourth-order valence-corrected chi connectivity index (χ4v) is 1.90. The van der Waals surface area contributed by atoms with Gasteiger partial charge in [0.25, 0.3) is 0 Å². The predicted molar refractivity (Wildman–Crippen MR) is 78.8 cm³/mol. The van der Waals surface area contributed by atoms with Crippen molar-refractivity contribution in [2.75, 3.05) is 0 Å². The van der Waals surface area contributed by atoms with Crippen LogP contribution >= 0.6 is 11.6 Å². The van der Waals surface area contributed by atoms with Crippen LogP contribution in [0.25, 0.3) is 0 Å². The third-order valence-electron chi connectivity index (χ3n) is 2.73. The van der Waals surface area contributed by atoms with Gasteiger partial charge in [-0.3, -0.25) is 5.41 Å².